The second-order valence-electron chi connectivity index (χ2n) is 22.5. The maximum atomic E-state index is 14.3. The van der Waals surface area contributed by atoms with Crippen molar-refractivity contribution >= 4 is 54.2 Å². The monoisotopic (exact) mass is 1250 g/mol. The molecule has 0 amide bonds. The molecule has 1 N–H and O–H groups in total. The van der Waals surface area contributed by atoms with Gasteiger partial charge in [-0.15, -0.1) is 0 Å². The molecule has 0 aliphatic heterocycles. The molecule has 11 nitrogen and oxygen atoms in total. The van der Waals surface area contributed by atoms with Gasteiger partial charge in [0.1, 0.15) is 17.3 Å². The average molecular weight is 1250 g/mol. The highest BCUT2D eigenvalue weighted by Crippen LogP contribution is 2.38. The number of Topliss-reactive ketones (excluding diaryl/α,β-unsaturated/α-hetero) is 1. The number of furan rings is 2. The van der Waals surface area contributed by atoms with Gasteiger partial charge in [-0.2, -0.15) is 35.0 Å². The lowest BCUT2D eigenvalue weighted by Crippen LogP contribution is -2.31. The third kappa shape index (κ3) is 14.5. The molecule has 0 bridgehead atoms. The highest BCUT2D eigenvalue weighted by Gasteiger charge is 2.38. The number of carboxylic acids is 1. The van der Waals surface area contributed by atoms with Crippen LogP contribution in [-0.2, 0) is 79.0 Å². The summed E-state index contributed by atoms with van der Waals surface area (Å²) in [5.41, 5.74) is 6.31. The largest absolute Gasteiger partial charge is 0.481 e. The van der Waals surface area contributed by atoms with Crippen molar-refractivity contribution < 1.29 is 66.7 Å². The summed E-state index contributed by atoms with van der Waals surface area (Å²) in [5.74, 6) is -3.64. The summed E-state index contributed by atoms with van der Waals surface area (Å²) < 4.78 is 148. The Morgan fingerprint density at radius 2 is 0.989 bits per heavy atom. The Bertz CT molecular complexity index is 4260. The topological polar surface area (TPSA) is 155 Å². The van der Waals surface area contributed by atoms with E-state index in [-0.39, 0.29) is 45.2 Å². The Morgan fingerprint density at radius 1 is 0.506 bits per heavy atom. The minimum atomic E-state index is -4.72. The van der Waals surface area contributed by atoms with Crippen LogP contribution in [0.2, 0.25) is 5.02 Å². The van der Waals surface area contributed by atoms with Crippen LogP contribution in [0.4, 0.5) is 26.3 Å². The summed E-state index contributed by atoms with van der Waals surface area (Å²) in [4.78, 5) is 24.1. The van der Waals surface area contributed by atoms with Gasteiger partial charge in [0.2, 0.25) is 31.6 Å². The Hall–Kier alpha value is -7.81. The number of carbonyl (C=O) groups is 2. The second-order valence-corrected chi connectivity index (χ2v) is 26.7. The molecule has 2 heterocycles. The third-order valence-electron chi connectivity index (χ3n) is 15.4. The van der Waals surface area contributed by atoms with Crippen molar-refractivity contribution in [2.75, 3.05) is 0 Å². The number of ketones is 1. The van der Waals surface area contributed by atoms with Crippen LogP contribution in [0.5, 0.6) is 0 Å². The van der Waals surface area contributed by atoms with Crippen molar-refractivity contribution in [3.63, 3.8) is 0 Å². The van der Waals surface area contributed by atoms with Crippen LogP contribution in [0.25, 0.3) is 33.0 Å². The van der Waals surface area contributed by atoms with Gasteiger partial charge in [-0.1, -0.05) is 151 Å². The molecule has 0 aliphatic rings. The maximum Gasteiger partial charge on any atom is 0.449 e. The van der Waals surface area contributed by atoms with Crippen LogP contribution in [0, 0.1) is 27.7 Å². The van der Waals surface area contributed by atoms with E-state index in [2.05, 4.69) is 0 Å². The molecule has 2 aromatic heterocycles. The molecule has 0 saturated carbocycles. The second kappa shape index (κ2) is 25.1. The van der Waals surface area contributed by atoms with Gasteiger partial charge in [-0.3, -0.25) is 9.59 Å². The Labute approximate surface area is 506 Å². The molecule has 0 radical (unpaired) electrons. The first-order valence-corrected chi connectivity index (χ1v) is 30.6. The standard InChI is InChI=1S/C35H32F3NO4S.C32H31ClF3NO5S/c1-23-12-15-27-8-5-6-11-31(27)33(23)44(41,42)39(22-30-18-19-32(43-30)35(36,37)38)21-25-13-16-26(17-14-25)28-9-7-10-29(20-28)34(3,4)24(2)40;1-19-13-20(2)29(21(3)14-19)43(40,41)37(18-26-11-12-28(42-26)32(34,35)36)17-24-10-9-23(16-27(24)33)22-7-6-8-25(15-22)31(4,5)30(38)39/h5-20H,21-22H2,1-4H3;6-16H,17-18H2,1-5H3,(H,38,39). The Morgan fingerprint density at radius 3 is 1.49 bits per heavy atom. The van der Waals surface area contributed by atoms with Crippen LogP contribution >= 0.6 is 11.6 Å². The van der Waals surface area contributed by atoms with Gasteiger partial charge in [-0.25, -0.2) is 16.8 Å². The summed E-state index contributed by atoms with van der Waals surface area (Å²) in [7, 11) is -8.45. The molecular formula is C67H63ClF6N2O9S2. The zero-order chi connectivity index (χ0) is 63.8. The minimum absolute atomic E-state index is 0.0478. The highest BCUT2D eigenvalue weighted by atomic mass is 35.5. The quantitative estimate of drug-likeness (QED) is 0.0826. The van der Waals surface area contributed by atoms with Crippen LogP contribution < -0.4 is 0 Å². The average Bonchev–Trinajstić information content (AvgIpc) is 1.57. The molecule has 0 fully saturated rings. The molecule has 87 heavy (non-hydrogen) atoms. The number of fused-ring (bicyclic) bond motifs is 1. The van der Waals surface area contributed by atoms with Crippen molar-refractivity contribution in [3.8, 4) is 22.3 Å². The zero-order valence-electron chi connectivity index (χ0n) is 49.0. The number of aryl methyl sites for hydroxylation is 4. The first kappa shape index (κ1) is 65.2. The number of hydrogen-bond acceptors (Lipinski definition) is 8. The highest BCUT2D eigenvalue weighted by molar-refractivity contribution is 7.89. The number of benzene rings is 7. The molecule has 456 valence electrons. The molecule has 20 heteroatoms. The van der Waals surface area contributed by atoms with E-state index >= 15 is 0 Å². The fraction of sp³-hybridized carbons (Fsp3) is 0.254. The first-order chi connectivity index (χ1) is 40.6. The molecule has 9 rings (SSSR count). The van der Waals surface area contributed by atoms with Gasteiger partial charge < -0.3 is 13.9 Å². The molecule has 0 atom stereocenters. The molecular weight excluding hydrogens is 1190 g/mol. The van der Waals surface area contributed by atoms with E-state index in [1.54, 1.807) is 120 Å². The van der Waals surface area contributed by atoms with E-state index in [0.29, 0.717) is 49.9 Å². The lowest BCUT2D eigenvalue weighted by atomic mass is 9.80. The van der Waals surface area contributed by atoms with E-state index in [4.69, 9.17) is 20.4 Å². The number of hydrogen-bond donors (Lipinski definition) is 1. The predicted molar refractivity (Wildman–Crippen MR) is 323 cm³/mol. The smallest absolute Gasteiger partial charge is 0.449 e. The summed E-state index contributed by atoms with van der Waals surface area (Å²) in [6.45, 7) is 14.2. The number of aliphatic carboxylic acids is 1. The lowest BCUT2D eigenvalue weighted by Gasteiger charge is -2.24. The van der Waals surface area contributed by atoms with Gasteiger partial charge in [0.25, 0.3) is 0 Å². The minimum Gasteiger partial charge on any atom is -0.481 e. The number of carbonyl (C=O) groups excluding carboxylic acids is 1. The Kier molecular flexibility index (Phi) is 18.8. The van der Waals surface area contributed by atoms with Gasteiger partial charge in [0.15, 0.2) is 0 Å². The normalized spacial score (nSPS) is 12.6. The molecule has 0 unspecified atom stereocenters. The van der Waals surface area contributed by atoms with Crippen LogP contribution in [0.3, 0.4) is 0 Å². The van der Waals surface area contributed by atoms with Gasteiger partial charge in [0.05, 0.1) is 28.3 Å². The van der Waals surface area contributed by atoms with E-state index in [9.17, 15) is 57.9 Å². The van der Waals surface area contributed by atoms with Crippen molar-refractivity contribution in [3.05, 3.63) is 236 Å². The van der Waals surface area contributed by atoms with Crippen LogP contribution in [-0.4, -0.2) is 42.3 Å². The fourth-order valence-electron chi connectivity index (χ4n) is 10.1. The number of nitrogens with zero attached hydrogens (tertiary/aromatic N) is 2. The van der Waals surface area contributed by atoms with Gasteiger partial charge in [-0.05, 0) is 159 Å². The molecule has 0 aliphatic carbocycles. The number of halogens is 7. The van der Waals surface area contributed by atoms with E-state index in [0.717, 1.165) is 60.5 Å². The van der Waals surface area contributed by atoms with Crippen LogP contribution in [0.15, 0.2) is 182 Å². The van der Waals surface area contributed by atoms with Gasteiger partial charge in [0, 0.05) is 28.9 Å². The molecule has 9 aromatic rings. The number of sulfonamides is 2. The summed E-state index contributed by atoms with van der Waals surface area (Å²) in [6.07, 6.45) is -9.41. The van der Waals surface area contributed by atoms with Crippen LogP contribution in [0.1, 0.15) is 102 Å². The Balaban J connectivity index is 0.000000226. The van der Waals surface area contributed by atoms with E-state index < -0.39 is 73.8 Å². The molecule has 0 saturated heterocycles. The number of alkyl halides is 6. The SMILES string of the molecule is CC(=O)C(C)(C)c1cccc(-c2ccc(CN(Cc3ccc(C(F)(F)F)o3)S(=O)(=O)c3c(C)ccc4ccccc34)cc2)c1.Cc1cc(C)c(S(=O)(=O)N(Cc2ccc(C(F)(F)F)o2)Cc2ccc(-c3cccc(C(C)(C)C(=O)O)c3)cc2Cl)c(C)c1. The van der Waals surface area contributed by atoms with Crippen molar-refractivity contribution in [1.29, 1.82) is 0 Å². The maximum absolute atomic E-state index is 14.3. The fourth-order valence-corrected chi connectivity index (χ4v) is 14.0. The van der Waals surface area contributed by atoms with E-state index in [1.165, 1.54) is 0 Å². The lowest BCUT2D eigenvalue weighted by molar-refractivity contribution is -0.154. The summed E-state index contributed by atoms with van der Waals surface area (Å²) in [6, 6.07) is 45.0. The first-order valence-electron chi connectivity index (χ1n) is 27.3. The zero-order valence-corrected chi connectivity index (χ0v) is 51.4. The van der Waals surface area contributed by atoms with E-state index in [1.807, 2.05) is 81.4 Å². The van der Waals surface area contributed by atoms with Crippen molar-refractivity contribution in [2.45, 2.75) is 121 Å². The summed E-state index contributed by atoms with van der Waals surface area (Å²) >= 11 is 6.66. The van der Waals surface area contributed by atoms with Crippen molar-refractivity contribution in [2.24, 2.45) is 0 Å². The molecule has 0 spiro atoms. The number of carboxylic acid groups (broad SMARTS) is 1. The van der Waals surface area contributed by atoms with Crippen molar-refractivity contribution in [1.82, 2.24) is 8.61 Å². The predicted octanol–water partition coefficient (Wildman–Crippen LogP) is 17.0. The van der Waals surface area contributed by atoms with Gasteiger partial charge >= 0.3 is 18.3 Å². The molecule has 7 aromatic carbocycles. The number of rotatable bonds is 18. The summed E-state index contributed by atoms with van der Waals surface area (Å²) in [5, 5.41) is 11.1. The third-order valence-corrected chi connectivity index (χ3v) is 19.8.